The SMILES string of the molecule is CCOc1nc(N(OC)C(c2ccccc2)(c2ccccc2)c2ccccc2)nc2c1ncn2[C@@H]1O[C@](F)(COC(=O)c2ccccc2)[C@@H](OC(=O)c2ccccc2)[C@@]1(C)F. The van der Waals surface area contributed by atoms with Gasteiger partial charge in [0.05, 0.1) is 31.2 Å². The average molecular weight is 826 g/mol. The summed E-state index contributed by atoms with van der Waals surface area (Å²) in [5.41, 5.74) is -1.51. The third kappa shape index (κ3) is 7.44. The Morgan fingerprint density at radius 1 is 0.754 bits per heavy atom. The highest BCUT2D eigenvalue weighted by atomic mass is 19.2. The van der Waals surface area contributed by atoms with E-state index in [4.69, 9.17) is 33.8 Å². The van der Waals surface area contributed by atoms with Crippen LogP contribution in [0.3, 0.4) is 0 Å². The summed E-state index contributed by atoms with van der Waals surface area (Å²) in [6.45, 7) is 1.82. The van der Waals surface area contributed by atoms with E-state index >= 15 is 8.78 Å². The van der Waals surface area contributed by atoms with E-state index in [9.17, 15) is 9.59 Å². The zero-order chi connectivity index (χ0) is 42.6. The van der Waals surface area contributed by atoms with Gasteiger partial charge in [-0.05, 0) is 54.8 Å². The van der Waals surface area contributed by atoms with Gasteiger partial charge in [-0.15, -0.1) is 0 Å². The Kier molecular flexibility index (Phi) is 11.3. The fourth-order valence-electron chi connectivity index (χ4n) is 7.76. The van der Waals surface area contributed by atoms with Crippen molar-refractivity contribution in [2.24, 2.45) is 0 Å². The van der Waals surface area contributed by atoms with E-state index in [2.05, 4.69) is 4.98 Å². The Hall–Kier alpha value is -7.03. The van der Waals surface area contributed by atoms with E-state index in [0.29, 0.717) is 0 Å². The second-order valence-electron chi connectivity index (χ2n) is 14.4. The first-order valence-electron chi connectivity index (χ1n) is 19.5. The number of imidazole rings is 1. The molecule has 310 valence electrons. The zero-order valence-corrected chi connectivity index (χ0v) is 33.4. The van der Waals surface area contributed by atoms with E-state index in [1.807, 2.05) is 91.0 Å². The molecule has 3 heterocycles. The topological polar surface area (TPSA) is 127 Å². The lowest BCUT2D eigenvalue weighted by Gasteiger charge is -2.43. The molecule has 0 spiro atoms. The summed E-state index contributed by atoms with van der Waals surface area (Å²) in [6.07, 6.45) is -2.95. The standard InChI is InChI=1S/C47H41F2N5O7/c1-4-58-39-37-38(51-44(52-39)54(57-3)47(34-24-14-7-15-25-34,35-26-16-8-17-27-35)36-28-18-9-19-29-36)53(31-50-37)43-45(2,48)42(60-41(56)33-22-12-6-13-23-33)46(49,61-43)30-59-40(55)32-20-10-5-11-21-32/h5-29,31,42-43H,4,30H2,1-3H3/t42-,43+,45+,46+/m0/s1. The third-order valence-corrected chi connectivity index (χ3v) is 10.5. The maximum absolute atomic E-state index is 17.7. The molecule has 1 aliphatic heterocycles. The van der Waals surface area contributed by atoms with Gasteiger partial charge in [-0.1, -0.05) is 127 Å². The minimum absolute atomic E-state index is 0.0142. The summed E-state index contributed by atoms with van der Waals surface area (Å²) in [7, 11) is 1.48. The molecule has 0 aliphatic carbocycles. The highest BCUT2D eigenvalue weighted by Gasteiger charge is 2.68. The minimum Gasteiger partial charge on any atom is -0.476 e. The predicted octanol–water partition coefficient (Wildman–Crippen LogP) is 8.59. The van der Waals surface area contributed by atoms with Gasteiger partial charge in [-0.2, -0.15) is 15.0 Å². The van der Waals surface area contributed by atoms with Gasteiger partial charge in [0.2, 0.25) is 12.0 Å². The van der Waals surface area contributed by atoms with Crippen LogP contribution in [0, 0.1) is 0 Å². The van der Waals surface area contributed by atoms with Crippen molar-refractivity contribution in [2.75, 3.05) is 25.4 Å². The molecule has 14 heteroatoms. The van der Waals surface area contributed by atoms with Crippen LogP contribution in [0.2, 0.25) is 0 Å². The molecule has 5 aromatic carbocycles. The number of anilines is 1. The number of nitrogens with zero attached hydrogens (tertiary/aromatic N) is 5. The first kappa shape index (κ1) is 40.7. The maximum Gasteiger partial charge on any atom is 0.338 e. The second kappa shape index (κ2) is 16.9. The number of carbonyl (C=O) groups is 2. The van der Waals surface area contributed by atoms with Crippen LogP contribution in [0.25, 0.3) is 11.2 Å². The van der Waals surface area contributed by atoms with Crippen molar-refractivity contribution in [3.63, 3.8) is 0 Å². The molecule has 1 saturated heterocycles. The molecule has 8 rings (SSSR count). The van der Waals surface area contributed by atoms with Crippen LogP contribution < -0.4 is 9.80 Å². The molecule has 2 aromatic heterocycles. The normalized spacial score (nSPS) is 20.0. The molecule has 0 saturated carbocycles. The van der Waals surface area contributed by atoms with Crippen molar-refractivity contribution in [3.8, 4) is 5.88 Å². The highest BCUT2D eigenvalue weighted by molar-refractivity contribution is 5.90. The van der Waals surface area contributed by atoms with E-state index < -0.39 is 47.9 Å². The molecule has 0 bridgehead atoms. The zero-order valence-electron chi connectivity index (χ0n) is 33.4. The number of hydrogen-bond acceptors (Lipinski definition) is 11. The predicted molar refractivity (Wildman–Crippen MR) is 221 cm³/mol. The van der Waals surface area contributed by atoms with Crippen LogP contribution in [-0.2, 0) is 24.6 Å². The lowest BCUT2D eigenvalue weighted by molar-refractivity contribution is -0.207. The van der Waals surface area contributed by atoms with Crippen LogP contribution in [-0.4, -0.2) is 69.4 Å². The van der Waals surface area contributed by atoms with Crippen LogP contribution in [0.4, 0.5) is 14.7 Å². The smallest absolute Gasteiger partial charge is 0.338 e. The molecule has 0 amide bonds. The van der Waals surface area contributed by atoms with Gasteiger partial charge in [0.1, 0.15) is 5.54 Å². The molecule has 4 atom stereocenters. The second-order valence-corrected chi connectivity index (χ2v) is 14.4. The fourth-order valence-corrected chi connectivity index (χ4v) is 7.76. The lowest BCUT2D eigenvalue weighted by atomic mass is 9.76. The van der Waals surface area contributed by atoms with Gasteiger partial charge in [0.15, 0.2) is 29.7 Å². The van der Waals surface area contributed by atoms with Crippen LogP contribution in [0.1, 0.15) is 57.5 Å². The van der Waals surface area contributed by atoms with Crippen molar-refractivity contribution in [1.82, 2.24) is 19.5 Å². The van der Waals surface area contributed by atoms with Crippen LogP contribution >= 0.6 is 0 Å². The maximum atomic E-state index is 17.7. The van der Waals surface area contributed by atoms with Gasteiger partial charge >= 0.3 is 11.9 Å². The molecule has 61 heavy (non-hydrogen) atoms. The van der Waals surface area contributed by atoms with Crippen molar-refractivity contribution in [2.45, 2.75) is 43.2 Å². The first-order chi connectivity index (χ1) is 29.6. The third-order valence-electron chi connectivity index (χ3n) is 10.5. The van der Waals surface area contributed by atoms with Crippen molar-refractivity contribution >= 4 is 29.1 Å². The average Bonchev–Trinajstić information content (AvgIpc) is 3.81. The molecular weight excluding hydrogens is 785 g/mol. The summed E-state index contributed by atoms with van der Waals surface area (Å²) >= 11 is 0. The summed E-state index contributed by atoms with van der Waals surface area (Å²) in [4.78, 5) is 47.1. The van der Waals surface area contributed by atoms with Crippen LogP contribution in [0.15, 0.2) is 158 Å². The molecule has 7 aromatic rings. The Labute approximate surface area is 350 Å². The van der Waals surface area contributed by atoms with Gasteiger partial charge in [0.25, 0.3) is 11.8 Å². The van der Waals surface area contributed by atoms with Gasteiger partial charge in [-0.25, -0.2) is 23.4 Å². The summed E-state index contributed by atoms with van der Waals surface area (Å²) in [5, 5.41) is 1.53. The summed E-state index contributed by atoms with van der Waals surface area (Å²) in [6, 6.07) is 44.6. The Balaban J connectivity index is 1.28. The van der Waals surface area contributed by atoms with Gasteiger partial charge < -0.3 is 18.9 Å². The Bertz CT molecular complexity index is 2510. The number of esters is 2. The van der Waals surface area contributed by atoms with Crippen molar-refractivity contribution < 1.29 is 42.2 Å². The number of halogens is 2. The van der Waals surface area contributed by atoms with E-state index in [1.165, 1.54) is 47.3 Å². The molecule has 0 radical (unpaired) electrons. The Morgan fingerprint density at radius 3 is 1.74 bits per heavy atom. The number of ether oxygens (including phenoxy) is 4. The van der Waals surface area contributed by atoms with E-state index in [0.717, 1.165) is 23.6 Å². The number of hydroxylamine groups is 1. The minimum atomic E-state index is -3.21. The number of carbonyl (C=O) groups excluding carboxylic acids is 2. The number of benzene rings is 5. The molecular formula is C47H41F2N5O7. The van der Waals surface area contributed by atoms with Crippen LogP contribution in [0.5, 0.6) is 5.88 Å². The molecule has 12 nitrogen and oxygen atoms in total. The largest absolute Gasteiger partial charge is 0.476 e. The number of hydrogen-bond donors (Lipinski definition) is 0. The molecule has 1 aliphatic rings. The number of fused-ring (bicyclic) bond motifs is 1. The fraction of sp³-hybridized carbons (Fsp3) is 0.213. The van der Waals surface area contributed by atoms with Gasteiger partial charge in [0, 0.05) is 0 Å². The lowest BCUT2D eigenvalue weighted by Crippen LogP contribution is -2.50. The van der Waals surface area contributed by atoms with E-state index in [1.54, 1.807) is 43.3 Å². The first-order valence-corrected chi connectivity index (χ1v) is 19.5. The van der Waals surface area contributed by atoms with Crippen molar-refractivity contribution in [3.05, 3.63) is 186 Å². The summed E-state index contributed by atoms with van der Waals surface area (Å²) < 4.78 is 59.4. The van der Waals surface area contributed by atoms with Gasteiger partial charge in [-0.3, -0.25) is 9.40 Å². The number of alkyl halides is 2. The highest BCUT2D eigenvalue weighted by Crippen LogP contribution is 2.51. The molecule has 0 N–H and O–H groups in total. The van der Waals surface area contributed by atoms with Crippen molar-refractivity contribution in [1.29, 1.82) is 0 Å². The molecule has 0 unspecified atom stereocenters. The number of rotatable bonds is 14. The quantitative estimate of drug-likeness (QED) is 0.0595. The number of aromatic nitrogens is 4. The monoisotopic (exact) mass is 825 g/mol. The van der Waals surface area contributed by atoms with E-state index in [-0.39, 0.29) is 40.7 Å². The molecule has 1 fully saturated rings. The summed E-state index contributed by atoms with van der Waals surface area (Å²) in [5.74, 6) is -5.15. The Morgan fingerprint density at radius 2 is 1.25 bits per heavy atom.